The minimum Gasteiger partial charge on any atom is -0.330 e. The number of hydrogen-bond donors (Lipinski definition) is 2. The van der Waals surface area contributed by atoms with Crippen LogP contribution in [0, 0.1) is 5.92 Å². The molecule has 110 valence electrons. The average molecular weight is 317 g/mol. The number of carbonyl (C=O) groups is 1. The predicted octanol–water partition coefficient (Wildman–Crippen LogP) is 2.00. The Morgan fingerprint density at radius 3 is 3.05 bits per heavy atom. The Balaban J connectivity index is 1.88. The molecule has 1 atom stereocenters. The molecule has 1 aliphatic heterocycles. The van der Waals surface area contributed by atoms with Gasteiger partial charge in [-0.25, -0.2) is 4.98 Å². The van der Waals surface area contributed by atoms with Crippen molar-refractivity contribution in [3.05, 3.63) is 22.3 Å². The molecule has 7 heteroatoms. The SMILES string of the molecule is NCC1CCCN(CC(=O)Nc2ncc(Cl)cc2Cl)C1. The monoisotopic (exact) mass is 316 g/mol. The number of hydrogen-bond acceptors (Lipinski definition) is 4. The highest BCUT2D eigenvalue weighted by atomic mass is 35.5. The normalized spacial score (nSPS) is 19.9. The second kappa shape index (κ2) is 7.22. The maximum absolute atomic E-state index is 12.0. The molecule has 0 spiro atoms. The van der Waals surface area contributed by atoms with Gasteiger partial charge in [-0.2, -0.15) is 0 Å². The third kappa shape index (κ3) is 4.31. The molecule has 0 aliphatic carbocycles. The standard InChI is InChI=1S/C13H18Cl2N4O/c14-10-4-11(15)13(17-6-10)18-12(20)8-19-3-1-2-9(5-16)7-19/h4,6,9H,1-3,5,7-8,16H2,(H,17,18,20). The van der Waals surface area contributed by atoms with E-state index in [0.717, 1.165) is 25.9 Å². The van der Waals surface area contributed by atoms with E-state index in [0.29, 0.717) is 34.9 Å². The number of anilines is 1. The number of nitrogens with one attached hydrogen (secondary N) is 1. The first-order valence-electron chi connectivity index (χ1n) is 6.62. The molecule has 1 saturated heterocycles. The molecule has 1 unspecified atom stereocenters. The van der Waals surface area contributed by atoms with E-state index in [9.17, 15) is 4.79 Å². The van der Waals surface area contributed by atoms with Crippen molar-refractivity contribution in [2.45, 2.75) is 12.8 Å². The minimum absolute atomic E-state index is 0.126. The van der Waals surface area contributed by atoms with Gasteiger partial charge in [0.05, 0.1) is 16.6 Å². The summed E-state index contributed by atoms with van der Waals surface area (Å²) in [7, 11) is 0. The van der Waals surface area contributed by atoms with E-state index in [1.807, 2.05) is 0 Å². The summed E-state index contributed by atoms with van der Waals surface area (Å²) in [4.78, 5) is 18.1. The lowest BCUT2D eigenvalue weighted by molar-refractivity contribution is -0.117. The number of carbonyl (C=O) groups excluding carboxylic acids is 1. The molecule has 2 rings (SSSR count). The van der Waals surface area contributed by atoms with Gasteiger partial charge in [0, 0.05) is 12.7 Å². The number of aromatic nitrogens is 1. The highest BCUT2D eigenvalue weighted by molar-refractivity contribution is 6.36. The lowest BCUT2D eigenvalue weighted by atomic mass is 9.98. The van der Waals surface area contributed by atoms with Gasteiger partial charge in [0.25, 0.3) is 0 Å². The number of rotatable bonds is 4. The van der Waals surface area contributed by atoms with E-state index < -0.39 is 0 Å². The molecule has 1 aliphatic rings. The number of nitrogens with two attached hydrogens (primary N) is 1. The smallest absolute Gasteiger partial charge is 0.239 e. The predicted molar refractivity (Wildman–Crippen MR) is 81.1 cm³/mol. The first-order valence-corrected chi connectivity index (χ1v) is 7.37. The topological polar surface area (TPSA) is 71.2 Å². The van der Waals surface area contributed by atoms with Crippen LogP contribution < -0.4 is 11.1 Å². The van der Waals surface area contributed by atoms with Crippen molar-refractivity contribution in [2.75, 3.05) is 31.5 Å². The zero-order valence-corrected chi connectivity index (χ0v) is 12.6. The summed E-state index contributed by atoms with van der Waals surface area (Å²) in [6.07, 6.45) is 3.67. The first-order chi connectivity index (χ1) is 9.58. The van der Waals surface area contributed by atoms with Crippen LogP contribution >= 0.6 is 23.2 Å². The van der Waals surface area contributed by atoms with E-state index in [1.54, 1.807) is 6.07 Å². The Kier molecular flexibility index (Phi) is 5.60. The van der Waals surface area contributed by atoms with Crippen molar-refractivity contribution in [1.82, 2.24) is 9.88 Å². The van der Waals surface area contributed by atoms with Crippen LogP contribution in [0.25, 0.3) is 0 Å². The van der Waals surface area contributed by atoms with Crippen molar-refractivity contribution in [2.24, 2.45) is 11.7 Å². The van der Waals surface area contributed by atoms with Gasteiger partial charge in [-0.15, -0.1) is 0 Å². The van der Waals surface area contributed by atoms with Crippen LogP contribution in [-0.4, -0.2) is 42.0 Å². The Hall–Kier alpha value is -0.880. The summed E-state index contributed by atoms with van der Waals surface area (Å²) in [5, 5.41) is 3.48. The van der Waals surface area contributed by atoms with Crippen LogP contribution in [0.2, 0.25) is 10.0 Å². The third-order valence-electron chi connectivity index (χ3n) is 3.37. The van der Waals surface area contributed by atoms with Crippen molar-refractivity contribution < 1.29 is 4.79 Å². The second-order valence-corrected chi connectivity index (χ2v) is 5.85. The fraction of sp³-hybridized carbons (Fsp3) is 0.538. The van der Waals surface area contributed by atoms with Crippen molar-refractivity contribution in [1.29, 1.82) is 0 Å². The largest absolute Gasteiger partial charge is 0.330 e. The molecule has 3 N–H and O–H groups in total. The highest BCUT2D eigenvalue weighted by Gasteiger charge is 2.20. The molecule has 1 fully saturated rings. The van der Waals surface area contributed by atoms with Gasteiger partial charge in [0.2, 0.25) is 5.91 Å². The lowest BCUT2D eigenvalue weighted by Gasteiger charge is -2.31. The molecule has 0 radical (unpaired) electrons. The Labute approximate surface area is 128 Å². The highest BCUT2D eigenvalue weighted by Crippen LogP contribution is 2.22. The molecule has 2 heterocycles. The first kappa shape index (κ1) is 15.5. The van der Waals surface area contributed by atoms with Gasteiger partial charge < -0.3 is 11.1 Å². The minimum atomic E-state index is -0.126. The number of piperidine rings is 1. The van der Waals surface area contributed by atoms with Gasteiger partial charge in [0.15, 0.2) is 5.82 Å². The summed E-state index contributed by atoms with van der Waals surface area (Å²) in [5.41, 5.74) is 5.69. The van der Waals surface area contributed by atoms with E-state index in [2.05, 4.69) is 15.2 Å². The van der Waals surface area contributed by atoms with Gasteiger partial charge in [0.1, 0.15) is 0 Å². The summed E-state index contributed by atoms with van der Waals surface area (Å²) >= 11 is 11.7. The van der Waals surface area contributed by atoms with E-state index >= 15 is 0 Å². The Morgan fingerprint density at radius 1 is 1.55 bits per heavy atom. The summed E-state index contributed by atoms with van der Waals surface area (Å²) < 4.78 is 0. The van der Waals surface area contributed by atoms with Crippen molar-refractivity contribution in [3.8, 4) is 0 Å². The fourth-order valence-electron chi connectivity index (χ4n) is 2.37. The van der Waals surface area contributed by atoms with Crippen LogP contribution in [0.15, 0.2) is 12.3 Å². The summed E-state index contributed by atoms with van der Waals surface area (Å²) in [5.74, 6) is 0.696. The molecule has 1 aromatic rings. The van der Waals surface area contributed by atoms with Crippen LogP contribution in [-0.2, 0) is 4.79 Å². The summed E-state index contributed by atoms with van der Waals surface area (Å²) in [6, 6.07) is 1.55. The quantitative estimate of drug-likeness (QED) is 0.891. The average Bonchev–Trinajstić information content (AvgIpc) is 2.42. The number of halogens is 2. The number of pyridine rings is 1. The maximum atomic E-state index is 12.0. The molecule has 1 aromatic heterocycles. The van der Waals surface area contributed by atoms with E-state index in [1.165, 1.54) is 6.20 Å². The molecular weight excluding hydrogens is 299 g/mol. The van der Waals surface area contributed by atoms with Gasteiger partial charge in [-0.3, -0.25) is 9.69 Å². The molecule has 1 amide bonds. The van der Waals surface area contributed by atoms with Gasteiger partial charge in [-0.05, 0) is 37.9 Å². The fourth-order valence-corrected chi connectivity index (χ4v) is 2.80. The van der Waals surface area contributed by atoms with Crippen molar-refractivity contribution >= 4 is 34.9 Å². The molecule has 5 nitrogen and oxygen atoms in total. The Bertz CT molecular complexity index is 483. The van der Waals surface area contributed by atoms with Crippen LogP contribution in [0.4, 0.5) is 5.82 Å². The molecule has 0 bridgehead atoms. The molecule has 0 aromatic carbocycles. The van der Waals surface area contributed by atoms with E-state index in [-0.39, 0.29) is 5.91 Å². The van der Waals surface area contributed by atoms with E-state index in [4.69, 9.17) is 28.9 Å². The maximum Gasteiger partial charge on any atom is 0.239 e. The van der Waals surface area contributed by atoms with Crippen LogP contribution in [0.3, 0.4) is 0 Å². The second-order valence-electron chi connectivity index (χ2n) is 5.01. The number of nitrogens with zero attached hydrogens (tertiary/aromatic N) is 2. The van der Waals surface area contributed by atoms with Gasteiger partial charge in [-0.1, -0.05) is 23.2 Å². The lowest BCUT2D eigenvalue weighted by Crippen LogP contribution is -2.42. The summed E-state index contributed by atoms with van der Waals surface area (Å²) in [6.45, 7) is 2.79. The number of amides is 1. The third-order valence-corrected chi connectivity index (χ3v) is 3.86. The molecular formula is C13H18Cl2N4O. The zero-order chi connectivity index (χ0) is 14.5. The zero-order valence-electron chi connectivity index (χ0n) is 11.1. The molecule has 0 saturated carbocycles. The molecule has 20 heavy (non-hydrogen) atoms. The Morgan fingerprint density at radius 2 is 2.35 bits per heavy atom. The van der Waals surface area contributed by atoms with Gasteiger partial charge >= 0.3 is 0 Å². The van der Waals surface area contributed by atoms with Crippen LogP contribution in [0.5, 0.6) is 0 Å². The van der Waals surface area contributed by atoms with Crippen molar-refractivity contribution in [3.63, 3.8) is 0 Å². The number of likely N-dealkylation sites (tertiary alicyclic amines) is 1. The van der Waals surface area contributed by atoms with Crippen LogP contribution in [0.1, 0.15) is 12.8 Å².